The fourth-order valence-corrected chi connectivity index (χ4v) is 1.91. The average molecular weight is 248 g/mol. The molecule has 0 radical (unpaired) electrons. The molecule has 0 fully saturated rings. The molecule has 2 rings (SSSR count). The van der Waals surface area contributed by atoms with Crippen molar-refractivity contribution in [2.75, 3.05) is 7.11 Å². The first kappa shape index (κ1) is 12.6. The monoisotopic (exact) mass is 248 g/mol. The molecule has 2 heterocycles. The molecule has 1 unspecified atom stereocenters. The Labute approximate surface area is 105 Å². The first-order valence-corrected chi connectivity index (χ1v) is 5.77. The topological polar surface area (TPSA) is 63.8 Å². The first-order chi connectivity index (χ1) is 8.52. The van der Waals surface area contributed by atoms with E-state index in [1.807, 2.05) is 29.7 Å². The molecule has 0 spiro atoms. The Balaban J connectivity index is 2.63. The van der Waals surface area contributed by atoms with E-state index >= 15 is 0 Å². The lowest BCUT2D eigenvalue weighted by molar-refractivity contribution is 0.0596. The number of esters is 1. The molecular weight excluding hydrogens is 232 g/mol. The van der Waals surface area contributed by atoms with Crippen LogP contribution in [0.1, 0.15) is 28.8 Å². The van der Waals surface area contributed by atoms with E-state index < -0.39 is 12.1 Å². The smallest absolute Gasteiger partial charge is 0.358 e. The number of ether oxygens (including phenoxy) is 1. The van der Waals surface area contributed by atoms with Crippen molar-refractivity contribution in [1.29, 1.82) is 0 Å². The lowest BCUT2D eigenvalue weighted by atomic mass is 10.2. The van der Waals surface area contributed by atoms with Crippen molar-refractivity contribution < 1.29 is 14.6 Å². The van der Waals surface area contributed by atoms with Crippen LogP contribution in [0.5, 0.6) is 0 Å². The van der Waals surface area contributed by atoms with Crippen molar-refractivity contribution in [2.45, 2.75) is 26.4 Å². The van der Waals surface area contributed by atoms with Crippen molar-refractivity contribution in [3.8, 4) is 0 Å². The summed E-state index contributed by atoms with van der Waals surface area (Å²) in [5.41, 5.74) is 2.03. The quantitative estimate of drug-likeness (QED) is 0.833. The average Bonchev–Trinajstić information content (AvgIpc) is 2.65. The van der Waals surface area contributed by atoms with Crippen LogP contribution in [0.15, 0.2) is 18.3 Å². The molecule has 2 aromatic rings. The molecule has 0 saturated carbocycles. The lowest BCUT2D eigenvalue weighted by Gasteiger charge is -2.03. The van der Waals surface area contributed by atoms with Gasteiger partial charge >= 0.3 is 5.97 Å². The second-order valence-electron chi connectivity index (χ2n) is 4.38. The van der Waals surface area contributed by atoms with Gasteiger partial charge in [0.25, 0.3) is 0 Å². The summed E-state index contributed by atoms with van der Waals surface area (Å²) in [5.74, 6) is 0.190. The predicted octanol–water partition coefficient (Wildman–Crippen LogP) is 1.35. The van der Waals surface area contributed by atoms with Crippen molar-refractivity contribution >= 4 is 11.5 Å². The van der Waals surface area contributed by atoms with Gasteiger partial charge in [0, 0.05) is 12.6 Å². The molecule has 2 aromatic heterocycles. The molecule has 0 saturated heterocycles. The van der Waals surface area contributed by atoms with E-state index in [0.29, 0.717) is 17.8 Å². The zero-order chi connectivity index (χ0) is 13.3. The maximum atomic E-state index is 11.7. The fraction of sp³-hybridized carbons (Fsp3) is 0.385. The van der Waals surface area contributed by atoms with E-state index in [1.54, 1.807) is 6.92 Å². The van der Waals surface area contributed by atoms with Gasteiger partial charge < -0.3 is 14.2 Å². The van der Waals surface area contributed by atoms with Gasteiger partial charge in [0.2, 0.25) is 0 Å². The molecule has 0 aliphatic rings. The van der Waals surface area contributed by atoms with E-state index in [9.17, 15) is 9.90 Å². The van der Waals surface area contributed by atoms with Crippen LogP contribution < -0.4 is 0 Å². The Morgan fingerprint density at radius 2 is 2.33 bits per heavy atom. The van der Waals surface area contributed by atoms with Gasteiger partial charge in [-0.3, -0.25) is 0 Å². The van der Waals surface area contributed by atoms with Crippen LogP contribution in [0.2, 0.25) is 0 Å². The van der Waals surface area contributed by atoms with Gasteiger partial charge in [-0.05, 0) is 31.5 Å². The number of aromatic nitrogens is 2. The number of hydrogen-bond donors (Lipinski definition) is 1. The molecule has 96 valence electrons. The number of rotatable bonds is 3. The molecule has 1 atom stereocenters. The Bertz CT molecular complexity index is 587. The van der Waals surface area contributed by atoms with Gasteiger partial charge in [-0.1, -0.05) is 0 Å². The highest BCUT2D eigenvalue weighted by Crippen LogP contribution is 2.17. The molecule has 5 heteroatoms. The molecule has 1 N–H and O–H groups in total. The minimum Gasteiger partial charge on any atom is -0.464 e. The highest BCUT2D eigenvalue weighted by molar-refractivity contribution is 5.95. The summed E-state index contributed by atoms with van der Waals surface area (Å²) in [7, 11) is 1.33. The van der Waals surface area contributed by atoms with Gasteiger partial charge in [-0.15, -0.1) is 0 Å². The molecular formula is C13H16N2O3. The van der Waals surface area contributed by atoms with Gasteiger partial charge in [0.1, 0.15) is 5.82 Å². The van der Waals surface area contributed by atoms with E-state index in [4.69, 9.17) is 4.74 Å². The molecule has 0 bridgehead atoms. The number of carbonyl (C=O) groups excluding carboxylic acids is 1. The Hall–Kier alpha value is -1.88. The highest BCUT2D eigenvalue weighted by Gasteiger charge is 2.18. The zero-order valence-electron chi connectivity index (χ0n) is 10.7. The highest BCUT2D eigenvalue weighted by atomic mass is 16.5. The molecule has 0 amide bonds. The number of methoxy groups -OCH3 is 1. The number of hydrogen-bond acceptors (Lipinski definition) is 4. The third-order valence-corrected chi connectivity index (χ3v) is 2.73. The van der Waals surface area contributed by atoms with E-state index in [2.05, 4.69) is 4.98 Å². The van der Waals surface area contributed by atoms with Gasteiger partial charge in [-0.2, -0.15) is 0 Å². The predicted molar refractivity (Wildman–Crippen MR) is 66.7 cm³/mol. The van der Waals surface area contributed by atoms with Crippen LogP contribution in [0.4, 0.5) is 0 Å². The maximum absolute atomic E-state index is 11.7. The van der Waals surface area contributed by atoms with Crippen molar-refractivity contribution in [3.05, 3.63) is 35.4 Å². The van der Waals surface area contributed by atoms with Crippen molar-refractivity contribution in [1.82, 2.24) is 9.38 Å². The molecule has 18 heavy (non-hydrogen) atoms. The summed E-state index contributed by atoms with van der Waals surface area (Å²) in [5, 5.41) is 9.46. The summed E-state index contributed by atoms with van der Waals surface area (Å²) >= 11 is 0. The fourth-order valence-electron chi connectivity index (χ4n) is 1.91. The van der Waals surface area contributed by atoms with Crippen LogP contribution in [0, 0.1) is 6.92 Å². The lowest BCUT2D eigenvalue weighted by Crippen LogP contribution is -2.08. The number of pyridine rings is 1. The van der Waals surface area contributed by atoms with Crippen LogP contribution in [0.3, 0.4) is 0 Å². The van der Waals surface area contributed by atoms with E-state index in [0.717, 1.165) is 5.56 Å². The number of aliphatic hydroxyl groups is 1. The SMILES string of the molecule is COC(=O)c1nc(CC(C)O)n2ccc(C)cc12. The Kier molecular flexibility index (Phi) is 3.34. The van der Waals surface area contributed by atoms with Crippen LogP contribution in [-0.4, -0.2) is 33.7 Å². The number of carbonyl (C=O) groups is 1. The number of imidazole rings is 1. The van der Waals surface area contributed by atoms with Gasteiger partial charge in [0.05, 0.1) is 18.7 Å². The van der Waals surface area contributed by atoms with Gasteiger partial charge in [-0.25, -0.2) is 9.78 Å². The zero-order valence-corrected chi connectivity index (χ0v) is 10.7. The first-order valence-electron chi connectivity index (χ1n) is 5.77. The number of nitrogens with zero attached hydrogens (tertiary/aromatic N) is 2. The van der Waals surface area contributed by atoms with Crippen molar-refractivity contribution in [2.24, 2.45) is 0 Å². The second-order valence-corrected chi connectivity index (χ2v) is 4.38. The molecule has 0 aliphatic heterocycles. The normalized spacial score (nSPS) is 12.7. The number of aliphatic hydroxyl groups excluding tert-OH is 1. The molecule has 5 nitrogen and oxygen atoms in total. The summed E-state index contributed by atoms with van der Waals surface area (Å²) in [4.78, 5) is 15.9. The van der Waals surface area contributed by atoms with Crippen LogP contribution in [-0.2, 0) is 11.2 Å². The second kappa shape index (κ2) is 4.78. The maximum Gasteiger partial charge on any atom is 0.358 e. The number of fused-ring (bicyclic) bond motifs is 1. The summed E-state index contributed by atoms with van der Waals surface area (Å²) in [6, 6.07) is 3.81. The summed E-state index contributed by atoms with van der Waals surface area (Å²) in [6.45, 7) is 3.63. The third kappa shape index (κ3) is 2.22. The van der Waals surface area contributed by atoms with Gasteiger partial charge in [0.15, 0.2) is 5.69 Å². The Morgan fingerprint density at radius 1 is 1.61 bits per heavy atom. The summed E-state index contributed by atoms with van der Waals surface area (Å²) in [6.07, 6.45) is 1.73. The Morgan fingerprint density at radius 3 is 2.94 bits per heavy atom. The third-order valence-electron chi connectivity index (χ3n) is 2.73. The minimum atomic E-state index is -0.512. The molecule has 0 aliphatic carbocycles. The largest absolute Gasteiger partial charge is 0.464 e. The van der Waals surface area contributed by atoms with Crippen LogP contribution >= 0.6 is 0 Å². The minimum absolute atomic E-state index is 0.289. The van der Waals surface area contributed by atoms with Crippen LogP contribution in [0.25, 0.3) is 5.52 Å². The van der Waals surface area contributed by atoms with E-state index in [-0.39, 0.29) is 5.69 Å². The van der Waals surface area contributed by atoms with E-state index in [1.165, 1.54) is 7.11 Å². The van der Waals surface area contributed by atoms with Crippen molar-refractivity contribution in [3.63, 3.8) is 0 Å². The number of aryl methyl sites for hydroxylation is 1. The molecule has 0 aromatic carbocycles. The summed E-state index contributed by atoms with van der Waals surface area (Å²) < 4.78 is 6.54. The standard InChI is InChI=1S/C13H16N2O3/c1-8-4-5-15-10(6-8)12(13(17)18-3)14-11(15)7-9(2)16/h4-6,9,16H,7H2,1-3H3.